The summed E-state index contributed by atoms with van der Waals surface area (Å²) in [5.74, 6) is -0.449. The average molecular weight is 218 g/mol. The number of nitrogens with one attached hydrogen (secondary N) is 1. The number of anilines is 1. The quantitative estimate of drug-likeness (QED) is 0.807. The van der Waals surface area contributed by atoms with Gasteiger partial charge in [0, 0.05) is 0 Å². The van der Waals surface area contributed by atoms with Crippen LogP contribution in [0.2, 0.25) is 0 Å². The van der Waals surface area contributed by atoms with Crippen LogP contribution in [0.15, 0.2) is 35.2 Å². The molecular formula is C11H10N2O3. The first-order chi connectivity index (χ1) is 7.66. The Bertz CT molecular complexity index is 506. The van der Waals surface area contributed by atoms with Crippen LogP contribution >= 0.6 is 0 Å². The van der Waals surface area contributed by atoms with E-state index in [1.54, 1.807) is 12.1 Å². The molecule has 2 aromatic rings. The van der Waals surface area contributed by atoms with E-state index in [1.165, 1.54) is 18.5 Å². The van der Waals surface area contributed by atoms with Crippen LogP contribution in [-0.4, -0.2) is 16.2 Å². The van der Waals surface area contributed by atoms with Gasteiger partial charge in [-0.1, -0.05) is 11.2 Å². The SMILES string of the molecule is Cc1ccc(C(=O)Nc2cnoc2)c(O)c1. The summed E-state index contributed by atoms with van der Waals surface area (Å²) in [4.78, 5) is 11.7. The van der Waals surface area contributed by atoms with Gasteiger partial charge in [0.2, 0.25) is 0 Å². The minimum Gasteiger partial charge on any atom is -0.507 e. The highest BCUT2D eigenvalue weighted by atomic mass is 16.5. The molecule has 1 aromatic heterocycles. The smallest absolute Gasteiger partial charge is 0.259 e. The van der Waals surface area contributed by atoms with Crippen molar-refractivity contribution >= 4 is 11.6 Å². The second kappa shape index (κ2) is 4.06. The summed E-state index contributed by atoms with van der Waals surface area (Å²) in [6, 6.07) is 4.85. The van der Waals surface area contributed by atoms with E-state index < -0.39 is 5.91 Å². The van der Waals surface area contributed by atoms with Crippen molar-refractivity contribution in [1.29, 1.82) is 0 Å². The Hall–Kier alpha value is -2.30. The third-order valence-electron chi connectivity index (χ3n) is 2.09. The van der Waals surface area contributed by atoms with E-state index in [2.05, 4.69) is 15.0 Å². The monoisotopic (exact) mass is 218 g/mol. The zero-order chi connectivity index (χ0) is 11.5. The maximum Gasteiger partial charge on any atom is 0.259 e. The molecule has 5 nitrogen and oxygen atoms in total. The van der Waals surface area contributed by atoms with E-state index in [-0.39, 0.29) is 11.3 Å². The first-order valence-corrected chi connectivity index (χ1v) is 4.67. The van der Waals surface area contributed by atoms with Gasteiger partial charge in [-0.2, -0.15) is 0 Å². The van der Waals surface area contributed by atoms with Crippen molar-refractivity contribution in [1.82, 2.24) is 5.16 Å². The summed E-state index contributed by atoms with van der Waals surface area (Å²) in [7, 11) is 0. The number of phenolic OH excluding ortho intramolecular Hbond substituents is 1. The van der Waals surface area contributed by atoms with Gasteiger partial charge in [0.1, 0.15) is 17.7 Å². The third-order valence-corrected chi connectivity index (χ3v) is 2.09. The van der Waals surface area contributed by atoms with Gasteiger partial charge >= 0.3 is 0 Å². The van der Waals surface area contributed by atoms with Crippen LogP contribution in [0.5, 0.6) is 5.75 Å². The maximum atomic E-state index is 11.7. The Morgan fingerprint density at radius 3 is 2.94 bits per heavy atom. The van der Waals surface area contributed by atoms with Crippen LogP contribution in [0.1, 0.15) is 15.9 Å². The van der Waals surface area contributed by atoms with Gasteiger partial charge in [0.25, 0.3) is 5.91 Å². The molecule has 5 heteroatoms. The third kappa shape index (κ3) is 2.03. The first kappa shape index (κ1) is 10.2. The summed E-state index contributed by atoms with van der Waals surface area (Å²) < 4.78 is 4.57. The average Bonchev–Trinajstić information content (AvgIpc) is 2.70. The molecule has 1 aromatic carbocycles. The molecule has 0 aliphatic heterocycles. The van der Waals surface area contributed by atoms with Crippen molar-refractivity contribution < 1.29 is 14.4 Å². The van der Waals surface area contributed by atoms with Crippen LogP contribution in [0.25, 0.3) is 0 Å². The Kier molecular flexibility index (Phi) is 2.59. The molecule has 0 atom stereocenters. The molecule has 1 heterocycles. The molecule has 0 spiro atoms. The second-order valence-corrected chi connectivity index (χ2v) is 3.39. The highest BCUT2D eigenvalue weighted by molar-refractivity contribution is 6.05. The van der Waals surface area contributed by atoms with E-state index in [4.69, 9.17) is 0 Å². The van der Waals surface area contributed by atoms with Gasteiger partial charge in [0.15, 0.2) is 0 Å². The van der Waals surface area contributed by atoms with Crippen molar-refractivity contribution in [3.63, 3.8) is 0 Å². The molecule has 0 saturated carbocycles. The van der Waals surface area contributed by atoms with E-state index in [0.717, 1.165) is 5.56 Å². The van der Waals surface area contributed by atoms with Gasteiger partial charge in [-0.05, 0) is 24.6 Å². The van der Waals surface area contributed by atoms with Crippen molar-refractivity contribution in [2.75, 3.05) is 5.32 Å². The standard InChI is InChI=1S/C11H10N2O3/c1-7-2-3-9(10(14)4-7)11(15)13-8-5-12-16-6-8/h2-6,14H,1H3,(H,13,15). The van der Waals surface area contributed by atoms with Crippen LogP contribution in [0, 0.1) is 6.92 Å². The molecule has 1 amide bonds. The number of carbonyl (C=O) groups excluding carboxylic acids is 1. The predicted molar refractivity (Wildman–Crippen MR) is 57.3 cm³/mol. The molecular weight excluding hydrogens is 208 g/mol. The highest BCUT2D eigenvalue weighted by Gasteiger charge is 2.11. The molecule has 0 bridgehead atoms. The number of amides is 1. The number of aromatic nitrogens is 1. The number of hydrogen-bond donors (Lipinski definition) is 2. The second-order valence-electron chi connectivity index (χ2n) is 3.39. The van der Waals surface area contributed by atoms with Crippen LogP contribution in [0.3, 0.4) is 0 Å². The summed E-state index contributed by atoms with van der Waals surface area (Å²) in [6.07, 6.45) is 2.69. The molecule has 0 aliphatic carbocycles. The Balaban J connectivity index is 2.21. The fourth-order valence-corrected chi connectivity index (χ4v) is 1.30. The lowest BCUT2D eigenvalue weighted by Crippen LogP contribution is -2.11. The van der Waals surface area contributed by atoms with E-state index in [9.17, 15) is 9.90 Å². The van der Waals surface area contributed by atoms with Gasteiger partial charge in [-0.3, -0.25) is 4.79 Å². The minimum atomic E-state index is -0.402. The number of benzene rings is 1. The number of aryl methyl sites for hydroxylation is 1. The molecule has 0 fully saturated rings. The summed E-state index contributed by atoms with van der Waals surface area (Å²) in [6.45, 7) is 1.83. The molecule has 16 heavy (non-hydrogen) atoms. The van der Waals surface area contributed by atoms with Crippen LogP contribution in [-0.2, 0) is 0 Å². The van der Waals surface area contributed by atoms with Gasteiger partial charge < -0.3 is 14.9 Å². The number of hydrogen-bond acceptors (Lipinski definition) is 4. The molecule has 82 valence electrons. The van der Waals surface area contributed by atoms with Crippen molar-refractivity contribution in [3.8, 4) is 5.75 Å². The molecule has 0 unspecified atom stereocenters. The molecule has 0 aliphatic rings. The van der Waals surface area contributed by atoms with E-state index in [1.807, 2.05) is 6.92 Å². The molecule has 0 saturated heterocycles. The lowest BCUT2D eigenvalue weighted by molar-refractivity contribution is 0.102. The van der Waals surface area contributed by atoms with Crippen LogP contribution in [0.4, 0.5) is 5.69 Å². The minimum absolute atomic E-state index is 0.0473. The predicted octanol–water partition coefficient (Wildman–Crippen LogP) is 1.94. The van der Waals surface area contributed by atoms with Crippen molar-refractivity contribution in [2.45, 2.75) is 6.92 Å². The van der Waals surface area contributed by atoms with Gasteiger partial charge in [0.05, 0.1) is 11.8 Å². The van der Waals surface area contributed by atoms with Crippen molar-refractivity contribution in [3.05, 3.63) is 41.8 Å². The Morgan fingerprint density at radius 1 is 1.50 bits per heavy atom. The fourth-order valence-electron chi connectivity index (χ4n) is 1.30. The summed E-state index contributed by atoms with van der Waals surface area (Å²) >= 11 is 0. The normalized spacial score (nSPS) is 10.1. The van der Waals surface area contributed by atoms with E-state index in [0.29, 0.717) is 5.69 Å². The number of rotatable bonds is 2. The number of aromatic hydroxyl groups is 1. The zero-order valence-corrected chi connectivity index (χ0v) is 8.60. The lowest BCUT2D eigenvalue weighted by atomic mass is 10.1. The molecule has 0 radical (unpaired) electrons. The highest BCUT2D eigenvalue weighted by Crippen LogP contribution is 2.19. The molecule has 2 N–H and O–H groups in total. The molecule has 2 rings (SSSR count). The van der Waals surface area contributed by atoms with Gasteiger partial charge in [-0.25, -0.2) is 0 Å². The topological polar surface area (TPSA) is 75.4 Å². The lowest BCUT2D eigenvalue weighted by Gasteiger charge is -2.04. The number of nitrogens with zero attached hydrogens (tertiary/aromatic N) is 1. The van der Waals surface area contributed by atoms with Crippen molar-refractivity contribution in [2.24, 2.45) is 0 Å². The summed E-state index contributed by atoms with van der Waals surface area (Å²) in [5.41, 5.74) is 1.55. The van der Waals surface area contributed by atoms with Crippen LogP contribution < -0.4 is 5.32 Å². The maximum absolute atomic E-state index is 11.7. The number of phenols is 1. The largest absolute Gasteiger partial charge is 0.507 e. The van der Waals surface area contributed by atoms with Gasteiger partial charge in [-0.15, -0.1) is 0 Å². The van der Waals surface area contributed by atoms with E-state index >= 15 is 0 Å². The first-order valence-electron chi connectivity index (χ1n) is 4.67. The Morgan fingerprint density at radius 2 is 2.31 bits per heavy atom. The zero-order valence-electron chi connectivity index (χ0n) is 8.60. The Labute approximate surface area is 91.7 Å². The number of carbonyl (C=O) groups is 1. The summed E-state index contributed by atoms with van der Waals surface area (Å²) in [5, 5.41) is 15.6. The fraction of sp³-hybridized carbons (Fsp3) is 0.0909.